The lowest BCUT2D eigenvalue weighted by atomic mass is 10.1. The molecular weight excluding hydrogens is 355 g/mol. The first kappa shape index (κ1) is 18.7. The van der Waals surface area contributed by atoms with Crippen molar-refractivity contribution < 1.29 is 12.8 Å². The van der Waals surface area contributed by atoms with E-state index in [9.17, 15) is 12.8 Å². The number of sulfonamides is 1. The van der Waals surface area contributed by atoms with Gasteiger partial charge in [-0.05, 0) is 56.9 Å². The number of hydrogen-bond acceptors (Lipinski definition) is 5. The molecule has 2 heterocycles. The Morgan fingerprint density at radius 3 is 2.54 bits per heavy atom. The molecule has 26 heavy (non-hydrogen) atoms. The first-order valence-electron chi connectivity index (χ1n) is 8.70. The van der Waals surface area contributed by atoms with Gasteiger partial charge in [0, 0.05) is 24.8 Å². The van der Waals surface area contributed by atoms with Crippen molar-refractivity contribution in [3.05, 3.63) is 47.2 Å². The number of hydrogen-bond donors (Lipinski definition) is 1. The van der Waals surface area contributed by atoms with E-state index in [2.05, 4.69) is 19.6 Å². The average molecular weight is 378 g/mol. The van der Waals surface area contributed by atoms with Crippen LogP contribution in [-0.2, 0) is 16.6 Å². The average Bonchev–Trinajstić information content (AvgIpc) is 2.60. The van der Waals surface area contributed by atoms with E-state index in [1.807, 2.05) is 13.0 Å². The molecule has 0 spiro atoms. The van der Waals surface area contributed by atoms with Gasteiger partial charge in [-0.25, -0.2) is 27.5 Å². The van der Waals surface area contributed by atoms with Gasteiger partial charge in [-0.2, -0.15) is 0 Å². The molecule has 1 saturated heterocycles. The molecule has 6 nitrogen and oxygen atoms in total. The number of nitrogens with one attached hydrogen (secondary N) is 1. The van der Waals surface area contributed by atoms with Crippen LogP contribution in [0.4, 0.5) is 10.2 Å². The Morgan fingerprint density at radius 2 is 1.85 bits per heavy atom. The Morgan fingerprint density at radius 1 is 1.12 bits per heavy atom. The number of anilines is 1. The van der Waals surface area contributed by atoms with Crippen molar-refractivity contribution in [3.8, 4) is 0 Å². The Hall–Kier alpha value is -2.06. The molecule has 0 radical (unpaired) electrons. The molecule has 0 atom stereocenters. The lowest BCUT2D eigenvalue weighted by Crippen LogP contribution is -2.31. The zero-order valence-electron chi connectivity index (χ0n) is 15.0. The monoisotopic (exact) mass is 378 g/mol. The zero-order valence-corrected chi connectivity index (χ0v) is 15.8. The van der Waals surface area contributed by atoms with Crippen LogP contribution < -0.4 is 9.62 Å². The van der Waals surface area contributed by atoms with Gasteiger partial charge in [-0.3, -0.25) is 0 Å². The minimum Gasteiger partial charge on any atom is -0.357 e. The number of halogens is 1. The molecule has 1 aromatic heterocycles. The summed E-state index contributed by atoms with van der Waals surface area (Å²) in [4.78, 5) is 11.1. The third kappa shape index (κ3) is 4.37. The molecule has 1 aliphatic rings. The van der Waals surface area contributed by atoms with E-state index in [1.165, 1.54) is 18.6 Å². The predicted molar refractivity (Wildman–Crippen MR) is 98.0 cm³/mol. The molecule has 0 aliphatic carbocycles. The van der Waals surface area contributed by atoms with Crippen LogP contribution in [0.15, 0.2) is 29.2 Å². The SMILES string of the molecule is Cc1cc(N2CCCCC2)nc(CNS(=O)(=O)c2ccc(F)cc2C)n1. The molecule has 1 aliphatic heterocycles. The highest BCUT2D eigenvalue weighted by atomic mass is 32.2. The number of rotatable bonds is 5. The van der Waals surface area contributed by atoms with Crippen molar-refractivity contribution in [3.63, 3.8) is 0 Å². The van der Waals surface area contributed by atoms with Crippen LogP contribution in [0.1, 0.15) is 36.3 Å². The fraction of sp³-hybridized carbons (Fsp3) is 0.444. The highest BCUT2D eigenvalue weighted by molar-refractivity contribution is 7.89. The van der Waals surface area contributed by atoms with E-state index in [1.54, 1.807) is 6.92 Å². The van der Waals surface area contributed by atoms with Gasteiger partial charge in [0.15, 0.2) is 0 Å². The van der Waals surface area contributed by atoms with E-state index in [0.717, 1.165) is 43.5 Å². The summed E-state index contributed by atoms with van der Waals surface area (Å²) in [6.45, 7) is 5.33. The third-order valence-corrected chi connectivity index (χ3v) is 5.98. The molecule has 0 amide bonds. The largest absolute Gasteiger partial charge is 0.357 e. The number of benzene rings is 1. The minimum absolute atomic E-state index is 0.0122. The first-order valence-corrected chi connectivity index (χ1v) is 10.2. The fourth-order valence-electron chi connectivity index (χ4n) is 3.13. The standard InChI is InChI=1S/C18H23FN4O2S/c1-13-10-15(19)6-7-16(13)26(24,25)20-12-17-21-14(2)11-18(22-17)23-8-4-3-5-9-23/h6-7,10-11,20H,3-5,8-9,12H2,1-2H3. The van der Waals surface area contributed by atoms with Crippen LogP contribution in [0.2, 0.25) is 0 Å². The van der Waals surface area contributed by atoms with Crippen LogP contribution >= 0.6 is 0 Å². The van der Waals surface area contributed by atoms with Crippen molar-refractivity contribution in [2.45, 2.75) is 44.6 Å². The highest BCUT2D eigenvalue weighted by Gasteiger charge is 2.19. The lowest BCUT2D eigenvalue weighted by Gasteiger charge is -2.28. The molecule has 140 valence electrons. The first-order chi connectivity index (χ1) is 12.3. The summed E-state index contributed by atoms with van der Waals surface area (Å²) >= 11 is 0. The van der Waals surface area contributed by atoms with Crippen LogP contribution in [0.25, 0.3) is 0 Å². The number of nitrogens with zero attached hydrogens (tertiary/aromatic N) is 3. The normalized spacial score (nSPS) is 15.3. The van der Waals surface area contributed by atoms with E-state index in [0.29, 0.717) is 11.4 Å². The smallest absolute Gasteiger partial charge is 0.241 e. The molecule has 1 aromatic carbocycles. The van der Waals surface area contributed by atoms with Crippen molar-refractivity contribution in [1.82, 2.24) is 14.7 Å². The van der Waals surface area contributed by atoms with Gasteiger partial charge in [0.1, 0.15) is 17.5 Å². The Kier molecular flexibility index (Phi) is 5.52. The van der Waals surface area contributed by atoms with Crippen LogP contribution in [0.3, 0.4) is 0 Å². The van der Waals surface area contributed by atoms with Gasteiger partial charge < -0.3 is 4.90 Å². The van der Waals surface area contributed by atoms with Crippen molar-refractivity contribution in [1.29, 1.82) is 0 Å². The van der Waals surface area contributed by atoms with Crippen molar-refractivity contribution in [2.24, 2.45) is 0 Å². The number of aromatic nitrogens is 2. The summed E-state index contributed by atoms with van der Waals surface area (Å²) in [7, 11) is -3.77. The van der Waals surface area contributed by atoms with E-state index in [4.69, 9.17) is 0 Å². The molecule has 1 fully saturated rings. The maximum atomic E-state index is 13.2. The van der Waals surface area contributed by atoms with Gasteiger partial charge in [-0.1, -0.05) is 0 Å². The molecule has 1 N–H and O–H groups in total. The van der Waals surface area contributed by atoms with E-state index in [-0.39, 0.29) is 11.4 Å². The second-order valence-electron chi connectivity index (χ2n) is 6.57. The third-order valence-electron chi connectivity index (χ3n) is 4.41. The Balaban J connectivity index is 1.77. The maximum absolute atomic E-state index is 13.2. The fourth-order valence-corrected chi connectivity index (χ4v) is 4.33. The molecule has 0 bridgehead atoms. The van der Waals surface area contributed by atoms with Gasteiger partial charge in [0.05, 0.1) is 11.4 Å². The van der Waals surface area contributed by atoms with Gasteiger partial charge in [0.25, 0.3) is 0 Å². The summed E-state index contributed by atoms with van der Waals surface area (Å²) in [5, 5.41) is 0. The quantitative estimate of drug-likeness (QED) is 0.866. The van der Waals surface area contributed by atoms with Crippen LogP contribution in [0, 0.1) is 19.7 Å². The molecule has 8 heteroatoms. The molecule has 2 aromatic rings. The molecule has 0 saturated carbocycles. The molecule has 3 rings (SSSR count). The summed E-state index contributed by atoms with van der Waals surface area (Å²) in [5.74, 6) is 0.799. The minimum atomic E-state index is -3.77. The summed E-state index contributed by atoms with van der Waals surface area (Å²) in [5.41, 5.74) is 1.16. The molecular formula is C18H23FN4O2S. The van der Waals surface area contributed by atoms with Gasteiger partial charge in [-0.15, -0.1) is 0 Å². The van der Waals surface area contributed by atoms with Crippen molar-refractivity contribution in [2.75, 3.05) is 18.0 Å². The zero-order chi connectivity index (χ0) is 18.7. The maximum Gasteiger partial charge on any atom is 0.241 e. The van der Waals surface area contributed by atoms with E-state index < -0.39 is 15.8 Å². The van der Waals surface area contributed by atoms with Crippen LogP contribution in [0.5, 0.6) is 0 Å². The Bertz CT molecular complexity index is 896. The second kappa shape index (κ2) is 7.67. The lowest BCUT2D eigenvalue weighted by molar-refractivity contribution is 0.568. The van der Waals surface area contributed by atoms with Crippen molar-refractivity contribution >= 4 is 15.8 Å². The van der Waals surface area contributed by atoms with Gasteiger partial charge >= 0.3 is 0 Å². The summed E-state index contributed by atoms with van der Waals surface area (Å²) in [6, 6.07) is 5.53. The van der Waals surface area contributed by atoms with Crippen LogP contribution in [-0.4, -0.2) is 31.5 Å². The molecule has 0 unspecified atom stereocenters. The highest BCUT2D eigenvalue weighted by Crippen LogP contribution is 2.19. The summed E-state index contributed by atoms with van der Waals surface area (Å²) < 4.78 is 40.7. The summed E-state index contributed by atoms with van der Waals surface area (Å²) in [6.07, 6.45) is 3.49. The topological polar surface area (TPSA) is 75.2 Å². The van der Waals surface area contributed by atoms with Gasteiger partial charge in [0.2, 0.25) is 10.0 Å². The van der Waals surface area contributed by atoms with E-state index >= 15 is 0 Å². The second-order valence-corrected chi connectivity index (χ2v) is 8.30. The Labute approximate surface area is 153 Å². The number of piperidine rings is 1. The number of aryl methyl sites for hydroxylation is 2. The predicted octanol–water partition coefficient (Wildman–Crippen LogP) is 2.70.